The zero-order chi connectivity index (χ0) is 31.2. The Morgan fingerprint density at radius 3 is 2.23 bits per heavy atom. The molecule has 3 atom stereocenters. The number of carbonyl (C=O) groups excluding carboxylic acids is 3. The molecule has 1 saturated heterocycles. The van der Waals surface area contributed by atoms with E-state index in [0.29, 0.717) is 25.1 Å². The van der Waals surface area contributed by atoms with Crippen LogP contribution in [0, 0.1) is 0 Å². The normalized spacial score (nSPS) is 17.2. The van der Waals surface area contributed by atoms with Crippen LogP contribution in [0.3, 0.4) is 0 Å². The molecule has 0 bridgehead atoms. The minimum absolute atomic E-state index is 0.0410. The molecule has 1 aliphatic heterocycles. The number of likely N-dealkylation sites (tertiary alicyclic amines) is 1. The van der Waals surface area contributed by atoms with E-state index < -0.39 is 24.1 Å². The first-order valence-electron chi connectivity index (χ1n) is 15.1. The molecule has 5 rings (SSSR count). The monoisotopic (exact) mass is 595 g/mol. The number of aliphatic hydroxyl groups is 1. The number of likely N-dealkylation sites (N-methyl/N-ethyl adjacent to an activating group) is 2. The lowest BCUT2D eigenvalue weighted by Crippen LogP contribution is -2.54. The molecule has 9 nitrogen and oxygen atoms in total. The first-order valence-corrected chi connectivity index (χ1v) is 15.1. The Hall–Kier alpha value is -4.47. The van der Waals surface area contributed by atoms with Crippen LogP contribution < -0.4 is 5.32 Å². The van der Waals surface area contributed by atoms with Crippen LogP contribution in [0.1, 0.15) is 27.9 Å². The van der Waals surface area contributed by atoms with Crippen molar-refractivity contribution in [3.8, 4) is 0 Å². The van der Waals surface area contributed by atoms with Gasteiger partial charge in [-0.05, 0) is 31.3 Å². The molecule has 3 aromatic carbocycles. The largest absolute Gasteiger partial charge is 0.391 e. The summed E-state index contributed by atoms with van der Waals surface area (Å²) in [6, 6.07) is 25.2. The summed E-state index contributed by atoms with van der Waals surface area (Å²) in [6.07, 6.45) is 1.40. The van der Waals surface area contributed by atoms with Gasteiger partial charge >= 0.3 is 0 Å². The molecule has 1 fully saturated rings. The number of amides is 3. The third kappa shape index (κ3) is 7.18. The number of carbonyl (C=O) groups is 3. The van der Waals surface area contributed by atoms with Gasteiger partial charge in [0.25, 0.3) is 5.91 Å². The number of nitrogens with one attached hydrogen (secondary N) is 1. The van der Waals surface area contributed by atoms with E-state index in [0.717, 1.165) is 28.6 Å². The summed E-state index contributed by atoms with van der Waals surface area (Å²) >= 11 is 0. The first kappa shape index (κ1) is 31.0. The highest BCUT2D eigenvalue weighted by Crippen LogP contribution is 2.27. The topological polar surface area (TPSA) is 98.1 Å². The van der Waals surface area contributed by atoms with Gasteiger partial charge in [0, 0.05) is 63.2 Å². The Balaban J connectivity index is 1.38. The van der Waals surface area contributed by atoms with Crippen molar-refractivity contribution in [1.82, 2.24) is 24.6 Å². The number of benzene rings is 3. The van der Waals surface area contributed by atoms with E-state index >= 15 is 0 Å². The number of nitrogens with zero attached hydrogens (tertiary/aromatic N) is 4. The van der Waals surface area contributed by atoms with Gasteiger partial charge in [-0.25, -0.2) is 0 Å². The fraction of sp³-hybridized carbons (Fsp3) is 0.343. The predicted molar refractivity (Wildman–Crippen MR) is 171 cm³/mol. The van der Waals surface area contributed by atoms with Crippen molar-refractivity contribution in [2.24, 2.45) is 0 Å². The molecule has 1 aliphatic rings. The average molecular weight is 596 g/mol. The standard InChI is InChI=1S/C35H41N5O4/c1-37(2)18-19-39-24-29(28-16-10-11-17-31(28)39)34(43)40-23-27(41)21-32(40)33(42)36-30(20-25-12-6-4-7-13-25)35(44)38(3)22-26-14-8-5-9-15-26/h4-17,24,27,30,32,41H,18-23H2,1-3H3,(H,36,42)/t27-,30+,32+/m1/s1. The van der Waals surface area contributed by atoms with Gasteiger partial charge in [0.2, 0.25) is 11.8 Å². The van der Waals surface area contributed by atoms with Gasteiger partial charge in [0.15, 0.2) is 0 Å². The second-order valence-corrected chi connectivity index (χ2v) is 11.9. The fourth-order valence-electron chi connectivity index (χ4n) is 5.87. The van der Waals surface area contributed by atoms with Gasteiger partial charge in [-0.15, -0.1) is 0 Å². The minimum Gasteiger partial charge on any atom is -0.391 e. The molecular formula is C35H41N5O4. The number of para-hydroxylation sites is 1. The molecule has 9 heteroatoms. The average Bonchev–Trinajstić information content (AvgIpc) is 3.60. The van der Waals surface area contributed by atoms with Gasteiger partial charge in [-0.2, -0.15) is 0 Å². The summed E-state index contributed by atoms with van der Waals surface area (Å²) in [5, 5.41) is 14.4. The minimum atomic E-state index is -0.910. The predicted octanol–water partition coefficient (Wildman–Crippen LogP) is 3.16. The number of β-amino-alcohol motifs (C(OH)–C–C–N with tert-alkyl or cyclic N) is 1. The molecule has 0 radical (unpaired) electrons. The Bertz CT molecular complexity index is 1590. The van der Waals surface area contributed by atoms with Crippen molar-refractivity contribution < 1.29 is 19.5 Å². The van der Waals surface area contributed by atoms with Crippen molar-refractivity contribution in [2.75, 3.05) is 34.2 Å². The van der Waals surface area contributed by atoms with Gasteiger partial charge in [-0.1, -0.05) is 78.9 Å². The number of fused-ring (bicyclic) bond motifs is 1. The molecule has 2 N–H and O–H groups in total. The molecule has 3 amide bonds. The van der Waals surface area contributed by atoms with Crippen molar-refractivity contribution in [3.63, 3.8) is 0 Å². The lowest BCUT2D eigenvalue weighted by atomic mass is 10.0. The Morgan fingerprint density at radius 1 is 0.909 bits per heavy atom. The maximum Gasteiger partial charge on any atom is 0.256 e. The maximum absolute atomic E-state index is 14.0. The molecule has 230 valence electrons. The van der Waals surface area contributed by atoms with E-state index in [1.807, 2.05) is 105 Å². The van der Waals surface area contributed by atoms with Crippen LogP contribution in [-0.2, 0) is 29.1 Å². The fourth-order valence-corrected chi connectivity index (χ4v) is 5.87. The number of aliphatic hydroxyl groups excluding tert-OH is 1. The molecule has 4 aromatic rings. The van der Waals surface area contributed by atoms with Gasteiger partial charge in [-0.3, -0.25) is 14.4 Å². The Labute approximate surface area is 258 Å². The number of hydrogen-bond acceptors (Lipinski definition) is 5. The summed E-state index contributed by atoms with van der Waals surface area (Å²) in [4.78, 5) is 46.8. The van der Waals surface area contributed by atoms with E-state index in [9.17, 15) is 19.5 Å². The highest BCUT2D eigenvalue weighted by atomic mass is 16.3. The third-order valence-electron chi connectivity index (χ3n) is 8.19. The molecule has 0 aliphatic carbocycles. The summed E-state index contributed by atoms with van der Waals surface area (Å²) < 4.78 is 2.06. The van der Waals surface area contributed by atoms with E-state index in [1.165, 1.54) is 4.90 Å². The van der Waals surface area contributed by atoms with Gasteiger partial charge in [0.1, 0.15) is 12.1 Å². The van der Waals surface area contributed by atoms with Crippen LogP contribution in [0.15, 0.2) is 91.1 Å². The molecule has 0 saturated carbocycles. The van der Waals surface area contributed by atoms with Crippen molar-refractivity contribution in [3.05, 3.63) is 108 Å². The number of aromatic nitrogens is 1. The Morgan fingerprint density at radius 2 is 1.55 bits per heavy atom. The molecule has 0 spiro atoms. The number of hydrogen-bond donors (Lipinski definition) is 2. The van der Waals surface area contributed by atoms with Crippen molar-refractivity contribution in [2.45, 2.75) is 44.1 Å². The van der Waals surface area contributed by atoms with E-state index in [1.54, 1.807) is 11.9 Å². The van der Waals surface area contributed by atoms with Crippen LogP contribution in [-0.4, -0.2) is 94.5 Å². The van der Waals surface area contributed by atoms with Crippen LogP contribution in [0.25, 0.3) is 10.9 Å². The number of rotatable bonds is 11. The van der Waals surface area contributed by atoms with Crippen molar-refractivity contribution >= 4 is 28.6 Å². The van der Waals surface area contributed by atoms with E-state index in [-0.39, 0.29) is 24.8 Å². The first-order chi connectivity index (χ1) is 21.2. The lowest BCUT2D eigenvalue weighted by Gasteiger charge is -2.28. The van der Waals surface area contributed by atoms with Crippen LogP contribution in [0.2, 0.25) is 0 Å². The Kier molecular flexibility index (Phi) is 9.77. The summed E-state index contributed by atoms with van der Waals surface area (Å²) in [5.74, 6) is -0.992. The second kappa shape index (κ2) is 13.9. The lowest BCUT2D eigenvalue weighted by molar-refractivity contribution is -0.136. The third-order valence-corrected chi connectivity index (χ3v) is 8.19. The summed E-state index contributed by atoms with van der Waals surface area (Å²) in [7, 11) is 5.73. The molecule has 0 unspecified atom stereocenters. The van der Waals surface area contributed by atoms with Crippen LogP contribution >= 0.6 is 0 Å². The van der Waals surface area contributed by atoms with Gasteiger partial charge in [0.05, 0.1) is 11.7 Å². The quantitative estimate of drug-likeness (QED) is 0.278. The van der Waals surface area contributed by atoms with Gasteiger partial charge < -0.3 is 29.7 Å². The molecule has 2 heterocycles. The van der Waals surface area contributed by atoms with Crippen LogP contribution in [0.4, 0.5) is 0 Å². The molecular weight excluding hydrogens is 554 g/mol. The molecule has 1 aromatic heterocycles. The zero-order valence-corrected chi connectivity index (χ0v) is 25.6. The summed E-state index contributed by atoms with van der Waals surface area (Å²) in [5.41, 5.74) is 3.32. The van der Waals surface area contributed by atoms with Crippen LogP contribution in [0.5, 0.6) is 0 Å². The molecule has 44 heavy (non-hydrogen) atoms. The zero-order valence-electron chi connectivity index (χ0n) is 25.6. The van der Waals surface area contributed by atoms with Crippen molar-refractivity contribution in [1.29, 1.82) is 0 Å². The highest BCUT2D eigenvalue weighted by molar-refractivity contribution is 6.08. The van der Waals surface area contributed by atoms with E-state index in [4.69, 9.17) is 0 Å². The maximum atomic E-state index is 14.0. The SMILES string of the molecule is CN(C)CCn1cc(C(=O)N2C[C@H](O)C[C@H]2C(=O)N[C@@H](Cc2ccccc2)C(=O)N(C)Cc2ccccc2)c2ccccc21. The summed E-state index contributed by atoms with van der Waals surface area (Å²) in [6.45, 7) is 1.94. The second-order valence-electron chi connectivity index (χ2n) is 11.9. The highest BCUT2D eigenvalue weighted by Gasteiger charge is 2.41. The van der Waals surface area contributed by atoms with E-state index in [2.05, 4.69) is 14.8 Å². The smallest absolute Gasteiger partial charge is 0.256 e.